The van der Waals surface area contributed by atoms with Crippen molar-refractivity contribution in [2.24, 2.45) is 22.6 Å². The summed E-state index contributed by atoms with van der Waals surface area (Å²) in [4.78, 5) is 23.3. The van der Waals surface area contributed by atoms with Gasteiger partial charge in [-0.15, -0.1) is 0 Å². The molecule has 1 aromatic carbocycles. The van der Waals surface area contributed by atoms with E-state index in [0.717, 1.165) is 24.0 Å². The second kappa shape index (κ2) is 6.10. The largest absolute Gasteiger partial charge is 0.381 e. The Morgan fingerprint density at radius 2 is 2.21 bits per heavy atom. The predicted octanol–water partition coefficient (Wildman–Crippen LogP) is 2.08. The molecule has 1 aromatic heterocycles. The van der Waals surface area contributed by atoms with Gasteiger partial charge in [0.05, 0.1) is 6.61 Å². The van der Waals surface area contributed by atoms with Crippen LogP contribution in [0.3, 0.4) is 0 Å². The van der Waals surface area contributed by atoms with Crippen molar-refractivity contribution < 1.29 is 13.9 Å². The summed E-state index contributed by atoms with van der Waals surface area (Å²) in [5, 5.41) is 0. The number of nitrogens with two attached hydrogens (primary N) is 1. The molecule has 1 saturated heterocycles. The SMILES string of the molecule is CN1C(=O)C2(N=C1N)c1cc(-c3cccnc3F)ccc1C[C@H]1CCOC[C@@H]12. The highest BCUT2D eigenvalue weighted by Crippen LogP contribution is 2.51. The van der Waals surface area contributed by atoms with Gasteiger partial charge in [-0.1, -0.05) is 12.1 Å². The molecule has 144 valence electrons. The zero-order chi connectivity index (χ0) is 19.5. The molecule has 1 aliphatic carbocycles. The van der Waals surface area contributed by atoms with Crippen molar-refractivity contribution >= 4 is 11.9 Å². The molecule has 3 aliphatic rings. The molecule has 2 aliphatic heterocycles. The molecular formula is C21H21FN4O2. The smallest absolute Gasteiger partial charge is 0.262 e. The number of fused-ring (bicyclic) bond motifs is 4. The molecule has 0 bridgehead atoms. The Kier molecular flexibility index (Phi) is 3.77. The monoisotopic (exact) mass is 380 g/mol. The lowest BCUT2D eigenvalue weighted by Crippen LogP contribution is -2.53. The Hall–Kier alpha value is -2.80. The number of amides is 1. The maximum absolute atomic E-state index is 14.3. The van der Waals surface area contributed by atoms with Gasteiger partial charge >= 0.3 is 0 Å². The van der Waals surface area contributed by atoms with Crippen molar-refractivity contribution in [2.75, 3.05) is 20.3 Å². The average Bonchev–Trinajstić information content (AvgIpc) is 2.93. The van der Waals surface area contributed by atoms with Crippen LogP contribution in [0.1, 0.15) is 17.5 Å². The molecule has 3 atom stereocenters. The second-order valence-corrected chi connectivity index (χ2v) is 7.75. The number of likely N-dealkylation sites (N-methyl/N-ethyl adjacent to an activating group) is 1. The van der Waals surface area contributed by atoms with Gasteiger partial charge in [0.15, 0.2) is 11.5 Å². The molecule has 3 heterocycles. The van der Waals surface area contributed by atoms with Crippen LogP contribution in [0.25, 0.3) is 11.1 Å². The third-order valence-corrected chi connectivity index (χ3v) is 6.37. The number of carbonyl (C=O) groups is 1. The number of guanidine groups is 1. The summed E-state index contributed by atoms with van der Waals surface area (Å²) in [6, 6.07) is 9.15. The van der Waals surface area contributed by atoms with Crippen molar-refractivity contribution in [1.29, 1.82) is 0 Å². The summed E-state index contributed by atoms with van der Waals surface area (Å²) in [6.45, 7) is 1.15. The van der Waals surface area contributed by atoms with Crippen LogP contribution in [0.5, 0.6) is 0 Å². The number of aromatic nitrogens is 1. The van der Waals surface area contributed by atoms with Gasteiger partial charge in [0.25, 0.3) is 5.91 Å². The van der Waals surface area contributed by atoms with E-state index in [2.05, 4.69) is 4.98 Å². The van der Waals surface area contributed by atoms with Crippen LogP contribution in [-0.4, -0.2) is 42.0 Å². The standard InChI is InChI=1S/C21H21FN4O2/c1-26-19(27)21(25-20(26)23)16-10-12(15-3-2-7-24-18(15)22)4-5-13(16)9-14-6-8-28-11-17(14)21/h2-5,7,10,14,17H,6,8-9,11H2,1H3,(H2,23,25)/t14-,17+,21?/m1/s1. The minimum absolute atomic E-state index is 0.0845. The zero-order valence-electron chi connectivity index (χ0n) is 15.6. The number of ether oxygens (including phenoxy) is 1. The van der Waals surface area contributed by atoms with Gasteiger partial charge in [-0.05, 0) is 53.6 Å². The molecule has 1 spiro atoms. The average molecular weight is 380 g/mol. The van der Waals surface area contributed by atoms with E-state index in [9.17, 15) is 9.18 Å². The maximum atomic E-state index is 14.3. The van der Waals surface area contributed by atoms with E-state index >= 15 is 0 Å². The van der Waals surface area contributed by atoms with Crippen molar-refractivity contribution in [3.05, 3.63) is 53.6 Å². The quantitative estimate of drug-likeness (QED) is 0.768. The highest BCUT2D eigenvalue weighted by molar-refractivity contribution is 6.07. The first-order chi connectivity index (χ1) is 13.5. The third kappa shape index (κ3) is 2.26. The first kappa shape index (κ1) is 17.3. The Morgan fingerprint density at radius 1 is 1.36 bits per heavy atom. The van der Waals surface area contributed by atoms with E-state index in [1.165, 1.54) is 11.1 Å². The molecular weight excluding hydrogens is 359 g/mol. The van der Waals surface area contributed by atoms with Crippen molar-refractivity contribution in [3.63, 3.8) is 0 Å². The molecule has 0 radical (unpaired) electrons. The Morgan fingerprint density at radius 3 is 2.96 bits per heavy atom. The molecule has 28 heavy (non-hydrogen) atoms. The molecule has 1 amide bonds. The van der Waals surface area contributed by atoms with E-state index in [1.807, 2.05) is 18.2 Å². The Labute approximate surface area is 162 Å². The number of carbonyl (C=O) groups excluding carboxylic acids is 1. The molecule has 0 saturated carbocycles. The summed E-state index contributed by atoms with van der Waals surface area (Å²) in [5.41, 5.74) is 7.91. The van der Waals surface area contributed by atoms with E-state index in [-0.39, 0.29) is 17.8 Å². The summed E-state index contributed by atoms with van der Waals surface area (Å²) in [7, 11) is 1.65. The van der Waals surface area contributed by atoms with Gasteiger partial charge in [0.2, 0.25) is 5.95 Å². The van der Waals surface area contributed by atoms with Gasteiger partial charge in [0, 0.05) is 31.3 Å². The van der Waals surface area contributed by atoms with Crippen LogP contribution >= 0.6 is 0 Å². The summed E-state index contributed by atoms with van der Waals surface area (Å²) in [5.74, 6) is -0.257. The predicted molar refractivity (Wildman–Crippen MR) is 102 cm³/mol. The molecule has 2 N–H and O–H groups in total. The van der Waals surface area contributed by atoms with Crippen molar-refractivity contribution in [3.8, 4) is 11.1 Å². The Bertz CT molecular complexity index is 1010. The molecule has 7 heteroatoms. The van der Waals surface area contributed by atoms with E-state index < -0.39 is 11.5 Å². The second-order valence-electron chi connectivity index (χ2n) is 7.75. The summed E-state index contributed by atoms with van der Waals surface area (Å²) < 4.78 is 20.0. The van der Waals surface area contributed by atoms with Gasteiger partial charge in [-0.25, -0.2) is 9.98 Å². The van der Waals surface area contributed by atoms with E-state index in [1.54, 1.807) is 19.2 Å². The highest BCUT2D eigenvalue weighted by atomic mass is 19.1. The first-order valence-corrected chi connectivity index (χ1v) is 9.48. The first-order valence-electron chi connectivity index (χ1n) is 9.48. The number of halogens is 1. The lowest BCUT2D eigenvalue weighted by molar-refractivity contribution is -0.137. The number of hydrogen-bond acceptors (Lipinski definition) is 5. The van der Waals surface area contributed by atoms with E-state index in [0.29, 0.717) is 30.3 Å². The van der Waals surface area contributed by atoms with Crippen LogP contribution in [0.4, 0.5) is 4.39 Å². The van der Waals surface area contributed by atoms with Gasteiger partial charge in [-0.2, -0.15) is 4.39 Å². The number of pyridine rings is 1. The number of hydrogen-bond donors (Lipinski definition) is 1. The molecule has 5 rings (SSSR count). The highest BCUT2D eigenvalue weighted by Gasteiger charge is 2.59. The minimum atomic E-state index is -1.10. The molecule has 1 unspecified atom stereocenters. The van der Waals surface area contributed by atoms with Gasteiger partial charge in [-0.3, -0.25) is 9.69 Å². The van der Waals surface area contributed by atoms with Gasteiger partial charge < -0.3 is 10.5 Å². The van der Waals surface area contributed by atoms with Crippen molar-refractivity contribution in [2.45, 2.75) is 18.4 Å². The molecule has 1 fully saturated rings. The fraction of sp³-hybridized carbons (Fsp3) is 0.381. The van der Waals surface area contributed by atoms with Crippen molar-refractivity contribution in [1.82, 2.24) is 9.88 Å². The topological polar surface area (TPSA) is 80.8 Å². The third-order valence-electron chi connectivity index (χ3n) is 6.37. The lowest BCUT2D eigenvalue weighted by atomic mass is 9.62. The van der Waals surface area contributed by atoms with Crippen LogP contribution in [0.15, 0.2) is 41.5 Å². The fourth-order valence-corrected chi connectivity index (χ4v) is 4.93. The zero-order valence-corrected chi connectivity index (χ0v) is 15.6. The number of rotatable bonds is 1. The molecule has 6 nitrogen and oxygen atoms in total. The van der Waals surface area contributed by atoms with Crippen LogP contribution in [0.2, 0.25) is 0 Å². The number of nitrogens with zero attached hydrogens (tertiary/aromatic N) is 3. The van der Waals surface area contributed by atoms with E-state index in [4.69, 9.17) is 15.5 Å². The van der Waals surface area contributed by atoms with Crippen LogP contribution < -0.4 is 5.73 Å². The molecule has 2 aromatic rings. The maximum Gasteiger partial charge on any atom is 0.262 e. The summed E-state index contributed by atoms with van der Waals surface area (Å²) in [6.07, 6.45) is 3.16. The normalized spacial score (nSPS) is 28.9. The van der Waals surface area contributed by atoms with Gasteiger partial charge in [0.1, 0.15) is 0 Å². The van der Waals surface area contributed by atoms with Crippen LogP contribution in [-0.2, 0) is 21.5 Å². The fourth-order valence-electron chi connectivity index (χ4n) is 4.93. The number of benzene rings is 1. The van der Waals surface area contributed by atoms with Crippen LogP contribution in [0, 0.1) is 17.8 Å². The lowest BCUT2D eigenvalue weighted by Gasteiger charge is -2.46. The minimum Gasteiger partial charge on any atom is -0.381 e. The Balaban J connectivity index is 1.74. The summed E-state index contributed by atoms with van der Waals surface area (Å²) >= 11 is 0. The number of aliphatic imine (C=N–C) groups is 1.